The van der Waals surface area contributed by atoms with Crippen LogP contribution in [0.3, 0.4) is 0 Å². The van der Waals surface area contributed by atoms with Crippen LogP contribution in [-0.4, -0.2) is 52.0 Å². The SMILES string of the molecule is CNCC1CCCN1S(=O)(=O)c1ccc(C(=O)OC)cc1Cl. The van der Waals surface area contributed by atoms with Crippen LogP contribution in [0.25, 0.3) is 0 Å². The van der Waals surface area contributed by atoms with E-state index in [1.807, 2.05) is 0 Å². The molecule has 0 aliphatic carbocycles. The molecule has 0 amide bonds. The van der Waals surface area contributed by atoms with Crippen molar-refractivity contribution in [3.8, 4) is 0 Å². The Morgan fingerprint density at radius 3 is 2.82 bits per heavy atom. The largest absolute Gasteiger partial charge is 0.465 e. The van der Waals surface area contributed by atoms with Crippen molar-refractivity contribution in [2.75, 3.05) is 27.2 Å². The van der Waals surface area contributed by atoms with Crippen molar-refractivity contribution in [2.45, 2.75) is 23.8 Å². The van der Waals surface area contributed by atoms with E-state index in [-0.39, 0.29) is 21.5 Å². The minimum Gasteiger partial charge on any atom is -0.465 e. The first-order chi connectivity index (χ1) is 10.4. The molecule has 1 fully saturated rings. The van der Waals surface area contributed by atoms with Gasteiger partial charge in [-0.25, -0.2) is 13.2 Å². The number of benzene rings is 1. The highest BCUT2D eigenvalue weighted by Gasteiger charge is 2.36. The molecule has 6 nitrogen and oxygen atoms in total. The zero-order valence-corrected chi connectivity index (χ0v) is 14.1. The molecule has 1 aromatic rings. The van der Waals surface area contributed by atoms with Gasteiger partial charge in [0.15, 0.2) is 0 Å². The number of carbonyl (C=O) groups is 1. The van der Waals surface area contributed by atoms with E-state index in [0.717, 1.165) is 12.8 Å². The lowest BCUT2D eigenvalue weighted by Crippen LogP contribution is -2.40. The van der Waals surface area contributed by atoms with Crippen LogP contribution in [0.2, 0.25) is 5.02 Å². The molecule has 0 aromatic heterocycles. The van der Waals surface area contributed by atoms with E-state index in [0.29, 0.717) is 13.1 Å². The zero-order chi connectivity index (χ0) is 16.3. The molecule has 1 aliphatic heterocycles. The fraction of sp³-hybridized carbons (Fsp3) is 0.500. The lowest BCUT2D eigenvalue weighted by atomic mass is 10.2. The number of methoxy groups -OCH3 is 1. The molecular formula is C14H19ClN2O4S. The number of halogens is 1. The Kier molecular flexibility index (Phi) is 5.44. The molecule has 1 unspecified atom stereocenters. The number of hydrogen-bond acceptors (Lipinski definition) is 5. The Labute approximate surface area is 135 Å². The van der Waals surface area contributed by atoms with Gasteiger partial charge >= 0.3 is 5.97 Å². The number of nitrogens with zero attached hydrogens (tertiary/aromatic N) is 1. The predicted molar refractivity (Wildman–Crippen MR) is 83.6 cm³/mol. The molecule has 1 atom stereocenters. The van der Waals surface area contributed by atoms with Gasteiger partial charge < -0.3 is 10.1 Å². The highest BCUT2D eigenvalue weighted by molar-refractivity contribution is 7.89. The molecule has 1 N–H and O–H groups in total. The maximum absolute atomic E-state index is 12.8. The number of hydrogen-bond donors (Lipinski definition) is 1. The average molecular weight is 347 g/mol. The Bertz CT molecular complexity index is 663. The molecule has 122 valence electrons. The third kappa shape index (κ3) is 3.27. The highest BCUT2D eigenvalue weighted by Crippen LogP contribution is 2.30. The molecule has 1 heterocycles. The summed E-state index contributed by atoms with van der Waals surface area (Å²) >= 11 is 6.09. The lowest BCUT2D eigenvalue weighted by molar-refractivity contribution is 0.0600. The summed E-state index contributed by atoms with van der Waals surface area (Å²) in [6.45, 7) is 1.07. The van der Waals surface area contributed by atoms with E-state index in [2.05, 4.69) is 10.1 Å². The van der Waals surface area contributed by atoms with Gasteiger partial charge in [-0.15, -0.1) is 0 Å². The normalized spacial score (nSPS) is 19.3. The van der Waals surface area contributed by atoms with Crippen molar-refractivity contribution in [3.05, 3.63) is 28.8 Å². The summed E-state index contributed by atoms with van der Waals surface area (Å²) in [6, 6.07) is 4.02. The van der Waals surface area contributed by atoms with E-state index >= 15 is 0 Å². The zero-order valence-electron chi connectivity index (χ0n) is 12.5. The van der Waals surface area contributed by atoms with Crippen LogP contribution in [0.4, 0.5) is 0 Å². The van der Waals surface area contributed by atoms with Crippen LogP contribution in [0.1, 0.15) is 23.2 Å². The molecule has 8 heteroatoms. The first-order valence-corrected chi connectivity index (χ1v) is 8.78. The number of nitrogens with one attached hydrogen (secondary N) is 1. The van der Waals surface area contributed by atoms with Crippen LogP contribution < -0.4 is 5.32 Å². The number of carbonyl (C=O) groups excluding carboxylic acids is 1. The van der Waals surface area contributed by atoms with E-state index in [9.17, 15) is 13.2 Å². The van der Waals surface area contributed by atoms with Gasteiger partial charge in [0.25, 0.3) is 0 Å². The molecule has 0 saturated carbocycles. The minimum atomic E-state index is -3.68. The maximum Gasteiger partial charge on any atom is 0.337 e. The first-order valence-electron chi connectivity index (χ1n) is 6.96. The van der Waals surface area contributed by atoms with Gasteiger partial charge in [0.2, 0.25) is 10.0 Å². The van der Waals surface area contributed by atoms with Gasteiger partial charge in [-0.05, 0) is 38.1 Å². The summed E-state index contributed by atoms with van der Waals surface area (Å²) in [4.78, 5) is 11.5. The van der Waals surface area contributed by atoms with Gasteiger partial charge in [0.1, 0.15) is 4.90 Å². The smallest absolute Gasteiger partial charge is 0.337 e. The molecule has 22 heavy (non-hydrogen) atoms. The van der Waals surface area contributed by atoms with Gasteiger partial charge in [-0.1, -0.05) is 11.6 Å². The number of likely N-dealkylation sites (N-methyl/N-ethyl adjacent to an activating group) is 1. The molecule has 2 rings (SSSR count). The van der Waals surface area contributed by atoms with Crippen molar-refractivity contribution in [3.63, 3.8) is 0 Å². The summed E-state index contributed by atoms with van der Waals surface area (Å²) in [5.74, 6) is -0.555. The fourth-order valence-corrected chi connectivity index (χ4v) is 4.86. The van der Waals surface area contributed by atoms with Crippen LogP contribution in [0, 0.1) is 0 Å². The van der Waals surface area contributed by atoms with Crippen molar-refractivity contribution in [2.24, 2.45) is 0 Å². The van der Waals surface area contributed by atoms with E-state index in [4.69, 9.17) is 11.6 Å². The molecule has 1 saturated heterocycles. The van der Waals surface area contributed by atoms with Gasteiger partial charge in [0.05, 0.1) is 17.7 Å². The van der Waals surface area contributed by atoms with Crippen LogP contribution in [0.15, 0.2) is 23.1 Å². The first kappa shape index (κ1) is 17.2. The highest BCUT2D eigenvalue weighted by atomic mass is 35.5. The Morgan fingerprint density at radius 1 is 1.50 bits per heavy atom. The summed E-state index contributed by atoms with van der Waals surface area (Å²) in [7, 11) is -0.630. The standard InChI is InChI=1S/C14H19ClN2O4S/c1-16-9-11-4-3-7-17(11)22(19,20)13-6-5-10(8-12(13)15)14(18)21-2/h5-6,8,11,16H,3-4,7,9H2,1-2H3. The maximum atomic E-state index is 12.8. The lowest BCUT2D eigenvalue weighted by Gasteiger charge is -2.24. The molecule has 0 radical (unpaired) electrons. The van der Waals surface area contributed by atoms with E-state index in [1.165, 1.54) is 29.6 Å². The second kappa shape index (κ2) is 6.95. The molecule has 1 aromatic carbocycles. The Morgan fingerprint density at radius 2 is 2.23 bits per heavy atom. The Balaban J connectivity index is 2.35. The summed E-state index contributed by atoms with van der Waals surface area (Å²) in [6.07, 6.45) is 1.64. The summed E-state index contributed by atoms with van der Waals surface area (Å²) in [5.41, 5.74) is 0.222. The van der Waals surface area contributed by atoms with Gasteiger partial charge in [-0.3, -0.25) is 0 Å². The van der Waals surface area contributed by atoms with Crippen LogP contribution in [-0.2, 0) is 14.8 Å². The molecule has 0 bridgehead atoms. The second-order valence-electron chi connectivity index (χ2n) is 5.11. The predicted octanol–water partition coefficient (Wildman–Crippen LogP) is 1.50. The third-order valence-electron chi connectivity index (χ3n) is 3.70. The molecule has 1 aliphatic rings. The third-order valence-corrected chi connectivity index (χ3v) is 6.14. The van der Waals surface area contributed by atoms with Gasteiger partial charge in [-0.2, -0.15) is 4.31 Å². The number of ether oxygens (including phenoxy) is 1. The monoisotopic (exact) mass is 346 g/mol. The van der Waals surface area contributed by atoms with Crippen molar-refractivity contribution >= 4 is 27.6 Å². The minimum absolute atomic E-state index is 0.0184. The van der Waals surface area contributed by atoms with E-state index < -0.39 is 16.0 Å². The molecule has 0 spiro atoms. The Hall–Kier alpha value is -1.15. The van der Waals surface area contributed by atoms with E-state index in [1.54, 1.807) is 7.05 Å². The summed E-state index contributed by atoms with van der Waals surface area (Å²) < 4.78 is 31.7. The number of sulfonamides is 1. The topological polar surface area (TPSA) is 75.7 Å². The second-order valence-corrected chi connectivity index (χ2v) is 7.37. The van der Waals surface area contributed by atoms with Crippen molar-refractivity contribution in [1.29, 1.82) is 0 Å². The number of esters is 1. The quantitative estimate of drug-likeness (QED) is 0.818. The fourth-order valence-electron chi connectivity index (χ4n) is 2.65. The van der Waals surface area contributed by atoms with Crippen LogP contribution >= 0.6 is 11.6 Å². The van der Waals surface area contributed by atoms with Crippen LogP contribution in [0.5, 0.6) is 0 Å². The molecular weight excluding hydrogens is 328 g/mol. The summed E-state index contributed by atoms with van der Waals surface area (Å²) in [5, 5.41) is 3.04. The average Bonchev–Trinajstić information content (AvgIpc) is 2.95. The van der Waals surface area contributed by atoms with Crippen molar-refractivity contribution in [1.82, 2.24) is 9.62 Å². The van der Waals surface area contributed by atoms with Gasteiger partial charge in [0, 0.05) is 19.1 Å². The van der Waals surface area contributed by atoms with Crippen molar-refractivity contribution < 1.29 is 17.9 Å². The number of rotatable bonds is 5.